The number of carbonyl (C=O) groups excluding carboxylic acids is 1. The number of para-hydroxylation sites is 1. The van der Waals surface area contributed by atoms with Gasteiger partial charge in [0.05, 0.1) is 16.8 Å². The highest BCUT2D eigenvalue weighted by Gasteiger charge is 2.44. The number of aromatic nitrogens is 4. The fourth-order valence-electron chi connectivity index (χ4n) is 3.90. The van der Waals surface area contributed by atoms with Crippen molar-refractivity contribution in [3.8, 4) is 11.3 Å². The number of hydrogen-bond acceptors (Lipinski definition) is 5. The molecule has 1 aliphatic rings. The Morgan fingerprint density at radius 3 is 2.77 bits per heavy atom. The Bertz CT molecular complexity index is 1130. The van der Waals surface area contributed by atoms with E-state index in [9.17, 15) is 9.59 Å². The summed E-state index contributed by atoms with van der Waals surface area (Å²) < 4.78 is 1.67. The molecule has 7 nitrogen and oxygen atoms in total. The van der Waals surface area contributed by atoms with E-state index in [2.05, 4.69) is 16.9 Å². The molecule has 160 valence electrons. The number of carbonyl (C=O) groups is 1. The lowest BCUT2D eigenvalue weighted by Gasteiger charge is -2.31. The van der Waals surface area contributed by atoms with Gasteiger partial charge in [0.2, 0.25) is 11.1 Å². The maximum absolute atomic E-state index is 13.2. The first-order valence-electron chi connectivity index (χ1n) is 10.6. The molecule has 0 aliphatic carbocycles. The zero-order valence-electron chi connectivity index (χ0n) is 17.7. The van der Waals surface area contributed by atoms with Crippen LogP contribution < -0.4 is 15.1 Å². The molecule has 0 saturated heterocycles. The van der Waals surface area contributed by atoms with Crippen LogP contribution in [0, 0.1) is 0 Å². The molecule has 3 heterocycles. The lowest BCUT2D eigenvalue weighted by atomic mass is 10.0. The average molecular weight is 437 g/mol. The topological polar surface area (TPSA) is 82.8 Å². The summed E-state index contributed by atoms with van der Waals surface area (Å²) in [6, 6.07) is 11.2. The van der Waals surface area contributed by atoms with E-state index in [1.807, 2.05) is 36.4 Å². The number of H-pyrrole nitrogens is 1. The molecule has 1 aliphatic heterocycles. The predicted octanol–water partition coefficient (Wildman–Crippen LogP) is 3.71. The molecule has 4 rings (SSSR count). The van der Waals surface area contributed by atoms with E-state index in [0.717, 1.165) is 24.2 Å². The number of benzene rings is 1. The second kappa shape index (κ2) is 9.43. The number of rotatable bonds is 7. The quantitative estimate of drug-likeness (QED) is 0.347. The monoisotopic (exact) mass is 436 g/mol. The number of unbranched alkanes of at least 4 members (excludes halogenated alkanes) is 3. The van der Waals surface area contributed by atoms with Crippen molar-refractivity contribution in [3.63, 3.8) is 0 Å². The van der Waals surface area contributed by atoms with E-state index in [4.69, 9.17) is 5.10 Å². The molecule has 0 spiro atoms. The summed E-state index contributed by atoms with van der Waals surface area (Å²) >= 11 is 1.54. The Labute approximate surface area is 185 Å². The standard InChI is InChI=1S/C23H25N5O2S/c1-3-4-5-8-14-31-23-25-21(30)20-18-11-6-7-12-19(18)27(16(2)29)22(28(20)26-23)17-10-9-13-24-15-17/h6-7,9-13,15,22H,3-5,8,14H2,1-2H3/p+1. The van der Waals surface area contributed by atoms with Gasteiger partial charge >= 0.3 is 11.3 Å². The third-order valence-electron chi connectivity index (χ3n) is 5.32. The summed E-state index contributed by atoms with van der Waals surface area (Å²) in [5.41, 5.74) is 2.39. The van der Waals surface area contributed by atoms with Gasteiger partial charge in [-0.15, -0.1) is 0 Å². The number of fused-ring (bicyclic) bond motifs is 3. The summed E-state index contributed by atoms with van der Waals surface area (Å²) in [7, 11) is 0. The summed E-state index contributed by atoms with van der Waals surface area (Å²) in [4.78, 5) is 34.8. The number of nitrogens with one attached hydrogen (secondary N) is 1. The molecule has 0 fully saturated rings. The molecule has 1 amide bonds. The summed E-state index contributed by atoms with van der Waals surface area (Å²) in [6.45, 7) is 3.71. The highest BCUT2D eigenvalue weighted by molar-refractivity contribution is 7.99. The van der Waals surface area contributed by atoms with Crippen molar-refractivity contribution in [1.82, 2.24) is 15.1 Å². The molecule has 1 N–H and O–H groups in total. The Balaban J connectivity index is 1.83. The highest BCUT2D eigenvalue weighted by atomic mass is 32.2. The Morgan fingerprint density at radius 1 is 1.19 bits per heavy atom. The van der Waals surface area contributed by atoms with Crippen LogP contribution in [0.25, 0.3) is 11.3 Å². The molecule has 1 aromatic carbocycles. The van der Waals surface area contributed by atoms with Crippen LogP contribution in [-0.4, -0.2) is 26.7 Å². The van der Waals surface area contributed by atoms with Crippen molar-refractivity contribution in [2.24, 2.45) is 0 Å². The van der Waals surface area contributed by atoms with E-state index in [1.165, 1.54) is 31.5 Å². The minimum absolute atomic E-state index is 0.129. The number of aromatic amines is 1. The summed E-state index contributed by atoms with van der Waals surface area (Å²) in [5, 5.41) is 5.34. The molecule has 31 heavy (non-hydrogen) atoms. The van der Waals surface area contributed by atoms with Gasteiger partial charge in [0, 0.05) is 30.2 Å². The largest absolute Gasteiger partial charge is 0.325 e. The van der Waals surface area contributed by atoms with Crippen molar-refractivity contribution in [2.45, 2.75) is 50.9 Å². The van der Waals surface area contributed by atoms with E-state index in [1.54, 1.807) is 22.0 Å². The molecule has 1 unspecified atom stereocenters. The van der Waals surface area contributed by atoms with Gasteiger partial charge in [-0.25, -0.2) is 4.90 Å². The second-order valence-electron chi connectivity index (χ2n) is 7.53. The number of anilines is 1. The van der Waals surface area contributed by atoms with E-state index < -0.39 is 6.17 Å². The minimum Gasteiger partial charge on any atom is -0.291 e. The van der Waals surface area contributed by atoms with Crippen molar-refractivity contribution in [3.05, 3.63) is 64.7 Å². The third kappa shape index (κ3) is 4.25. The van der Waals surface area contributed by atoms with Crippen LogP contribution in [0.5, 0.6) is 0 Å². The number of pyridine rings is 1. The Hall–Kier alpha value is -3.00. The average Bonchev–Trinajstić information content (AvgIpc) is 2.78. The van der Waals surface area contributed by atoms with E-state index in [0.29, 0.717) is 22.1 Å². The van der Waals surface area contributed by atoms with Crippen LogP contribution in [0.15, 0.2) is 58.7 Å². The van der Waals surface area contributed by atoms with Gasteiger partial charge in [-0.1, -0.05) is 50.1 Å². The fraction of sp³-hybridized carbons (Fsp3) is 0.348. The molecule has 0 radical (unpaired) electrons. The van der Waals surface area contributed by atoms with Gasteiger partial charge < -0.3 is 0 Å². The predicted molar refractivity (Wildman–Crippen MR) is 121 cm³/mol. The number of nitrogens with zero attached hydrogens (tertiary/aromatic N) is 4. The summed E-state index contributed by atoms with van der Waals surface area (Å²) in [6.07, 6.45) is 7.43. The smallest absolute Gasteiger partial charge is 0.291 e. The van der Waals surface area contributed by atoms with Gasteiger partial charge in [-0.2, -0.15) is 0 Å². The van der Waals surface area contributed by atoms with Gasteiger partial charge in [0.1, 0.15) is 0 Å². The molecule has 1 atom stereocenters. The lowest BCUT2D eigenvalue weighted by Crippen LogP contribution is -2.60. The maximum Gasteiger partial charge on any atom is 0.325 e. The number of thioether (sulfide) groups is 1. The molecular weight excluding hydrogens is 410 g/mol. The first-order chi connectivity index (χ1) is 15.1. The van der Waals surface area contributed by atoms with Gasteiger partial charge in [-0.3, -0.25) is 19.6 Å². The third-order valence-corrected chi connectivity index (χ3v) is 6.27. The minimum atomic E-state index is -0.585. The number of hydrogen-bond donors (Lipinski definition) is 1. The molecule has 0 bridgehead atoms. The fourth-order valence-corrected chi connectivity index (χ4v) is 4.76. The normalized spacial score (nSPS) is 14.8. The molecule has 8 heteroatoms. The zero-order valence-corrected chi connectivity index (χ0v) is 18.6. The van der Waals surface area contributed by atoms with Gasteiger partial charge in [-0.05, 0) is 35.4 Å². The van der Waals surface area contributed by atoms with Gasteiger partial charge in [0.25, 0.3) is 6.17 Å². The van der Waals surface area contributed by atoms with E-state index >= 15 is 0 Å². The van der Waals surface area contributed by atoms with Crippen molar-refractivity contribution in [2.75, 3.05) is 10.7 Å². The Kier molecular flexibility index (Phi) is 6.46. The van der Waals surface area contributed by atoms with Crippen LogP contribution in [0.4, 0.5) is 5.69 Å². The first kappa shape index (κ1) is 21.2. The zero-order chi connectivity index (χ0) is 21.8. The van der Waals surface area contributed by atoms with E-state index in [-0.39, 0.29) is 11.5 Å². The van der Waals surface area contributed by atoms with Crippen molar-refractivity contribution < 1.29 is 9.48 Å². The maximum atomic E-state index is 13.2. The van der Waals surface area contributed by atoms with Crippen LogP contribution in [0.3, 0.4) is 0 Å². The van der Waals surface area contributed by atoms with Crippen LogP contribution in [0.1, 0.15) is 51.3 Å². The van der Waals surface area contributed by atoms with Crippen molar-refractivity contribution in [1.29, 1.82) is 0 Å². The molecular formula is C23H26N5O2S+. The second-order valence-corrected chi connectivity index (χ2v) is 8.61. The molecule has 2 aromatic heterocycles. The van der Waals surface area contributed by atoms with Crippen LogP contribution >= 0.6 is 11.8 Å². The first-order valence-corrected chi connectivity index (χ1v) is 11.6. The van der Waals surface area contributed by atoms with Crippen LogP contribution in [0.2, 0.25) is 0 Å². The highest BCUT2D eigenvalue weighted by Crippen LogP contribution is 2.36. The molecule has 3 aromatic rings. The number of amides is 1. The molecule has 0 saturated carbocycles. The Morgan fingerprint density at radius 2 is 2.03 bits per heavy atom. The lowest BCUT2D eigenvalue weighted by molar-refractivity contribution is -0.763. The SMILES string of the molecule is CCCCCCSc1n[n+]2c(c(=O)[nH]1)-c1ccccc1N(C(C)=O)C2c1cccnc1. The summed E-state index contributed by atoms with van der Waals surface area (Å²) in [5.74, 6) is 0.752. The van der Waals surface area contributed by atoms with Crippen LogP contribution in [-0.2, 0) is 4.79 Å². The van der Waals surface area contributed by atoms with Crippen molar-refractivity contribution >= 4 is 23.4 Å². The van der Waals surface area contributed by atoms with Gasteiger partial charge in [0.15, 0.2) is 0 Å².